The van der Waals surface area contributed by atoms with Crippen molar-refractivity contribution < 1.29 is 14.3 Å². The summed E-state index contributed by atoms with van der Waals surface area (Å²) in [5.41, 5.74) is -3.12. The maximum Gasteiger partial charge on any atom is 0.331 e. The quantitative estimate of drug-likeness (QED) is 0.603. The molecular formula is C11H11N3O5. The molecule has 1 unspecified atom stereocenters. The molecule has 1 amide bonds. The Balaban J connectivity index is 2.73. The molecule has 0 aromatic carbocycles. The standard InChI is InChI=1S/C11H11N3O5/c1-7-6-14(10(18)13-8(7)16)11(2-4-15)9(17)12-3-5-19-11/h2,6H,3,5H2,1H3,(H,12,17)(H,13,16,18). The van der Waals surface area contributed by atoms with Crippen LogP contribution >= 0.6 is 0 Å². The van der Waals surface area contributed by atoms with Gasteiger partial charge in [-0.2, -0.15) is 0 Å². The van der Waals surface area contributed by atoms with Crippen LogP contribution in [0.5, 0.6) is 0 Å². The summed E-state index contributed by atoms with van der Waals surface area (Å²) in [7, 11) is 0. The van der Waals surface area contributed by atoms with Gasteiger partial charge in [0.2, 0.25) is 0 Å². The number of amides is 1. The van der Waals surface area contributed by atoms with E-state index in [-0.39, 0.29) is 18.7 Å². The maximum atomic E-state index is 12.0. The fourth-order valence-corrected chi connectivity index (χ4v) is 1.81. The summed E-state index contributed by atoms with van der Waals surface area (Å²) in [5.74, 6) is 0.785. The predicted molar refractivity (Wildman–Crippen MR) is 63.3 cm³/mol. The van der Waals surface area contributed by atoms with Gasteiger partial charge in [-0.15, -0.1) is 0 Å². The molecule has 0 spiro atoms. The van der Waals surface area contributed by atoms with Gasteiger partial charge in [0.05, 0.1) is 12.7 Å². The summed E-state index contributed by atoms with van der Waals surface area (Å²) in [6, 6.07) is 0. The van der Waals surface area contributed by atoms with E-state index in [1.54, 1.807) is 0 Å². The van der Waals surface area contributed by atoms with Crippen molar-refractivity contribution in [2.75, 3.05) is 13.2 Å². The molecule has 0 saturated carbocycles. The molecular weight excluding hydrogens is 254 g/mol. The van der Waals surface area contributed by atoms with Crippen molar-refractivity contribution in [1.82, 2.24) is 14.9 Å². The summed E-state index contributed by atoms with van der Waals surface area (Å²) < 4.78 is 6.16. The zero-order chi connectivity index (χ0) is 14.0. The van der Waals surface area contributed by atoms with Crippen LogP contribution in [0.1, 0.15) is 5.56 Å². The molecule has 1 aromatic heterocycles. The van der Waals surface area contributed by atoms with Gasteiger partial charge in [-0.1, -0.05) is 0 Å². The van der Waals surface area contributed by atoms with Crippen molar-refractivity contribution in [2.45, 2.75) is 12.6 Å². The largest absolute Gasteiger partial charge is 0.349 e. The average Bonchev–Trinajstić information content (AvgIpc) is 2.37. The molecule has 0 bridgehead atoms. The summed E-state index contributed by atoms with van der Waals surface area (Å²) in [5, 5.41) is 2.49. The zero-order valence-corrected chi connectivity index (χ0v) is 10.1. The molecule has 8 heteroatoms. The van der Waals surface area contributed by atoms with Gasteiger partial charge in [-0.25, -0.2) is 9.59 Å². The molecule has 1 aliphatic rings. The van der Waals surface area contributed by atoms with Crippen molar-refractivity contribution in [2.24, 2.45) is 0 Å². The smallest absolute Gasteiger partial charge is 0.331 e. The van der Waals surface area contributed by atoms with Gasteiger partial charge in [-0.05, 0) is 6.92 Å². The number of carbonyl (C=O) groups is 1. The van der Waals surface area contributed by atoms with E-state index in [0.717, 1.165) is 10.6 Å². The third-order valence-corrected chi connectivity index (χ3v) is 2.77. The van der Waals surface area contributed by atoms with E-state index in [2.05, 4.69) is 10.3 Å². The molecule has 0 aliphatic carbocycles. The van der Waals surface area contributed by atoms with E-state index < -0.39 is 22.9 Å². The maximum absolute atomic E-state index is 12.0. The lowest BCUT2D eigenvalue weighted by Gasteiger charge is -2.33. The van der Waals surface area contributed by atoms with Crippen LogP contribution in [0.25, 0.3) is 0 Å². The highest BCUT2D eigenvalue weighted by Gasteiger charge is 2.43. The summed E-state index contributed by atoms with van der Waals surface area (Å²) in [6.45, 7) is 1.85. The number of hydrogen-bond donors (Lipinski definition) is 2. The normalized spacial score (nSPS) is 22.5. The van der Waals surface area contributed by atoms with Gasteiger partial charge >= 0.3 is 5.69 Å². The Labute approximate surface area is 106 Å². The number of morpholine rings is 1. The molecule has 1 aromatic rings. The first-order valence-corrected chi connectivity index (χ1v) is 5.48. The number of hydrogen-bond acceptors (Lipinski definition) is 5. The van der Waals surface area contributed by atoms with Gasteiger partial charge in [0, 0.05) is 18.3 Å². The molecule has 0 radical (unpaired) electrons. The van der Waals surface area contributed by atoms with Crippen LogP contribution in [-0.2, 0) is 20.1 Å². The van der Waals surface area contributed by atoms with E-state index in [1.807, 2.05) is 0 Å². The minimum absolute atomic E-state index is 0.120. The van der Waals surface area contributed by atoms with Crippen LogP contribution in [-0.4, -0.2) is 34.6 Å². The Hall–Kier alpha value is -2.44. The Morgan fingerprint density at radius 1 is 1.47 bits per heavy atom. The number of ether oxygens (including phenoxy) is 1. The first-order valence-electron chi connectivity index (χ1n) is 5.48. The minimum Gasteiger partial charge on any atom is -0.349 e. The monoisotopic (exact) mass is 265 g/mol. The number of rotatable bonds is 2. The average molecular weight is 265 g/mol. The minimum atomic E-state index is -1.91. The van der Waals surface area contributed by atoms with E-state index in [1.165, 1.54) is 19.1 Å². The number of aromatic amines is 1. The highest BCUT2D eigenvalue weighted by Crippen LogP contribution is 2.20. The predicted octanol–water partition coefficient (Wildman–Crippen LogP) is -1.97. The summed E-state index contributed by atoms with van der Waals surface area (Å²) >= 11 is 0. The Morgan fingerprint density at radius 2 is 2.21 bits per heavy atom. The highest BCUT2D eigenvalue weighted by molar-refractivity contribution is 5.87. The van der Waals surface area contributed by atoms with E-state index in [9.17, 15) is 19.2 Å². The Bertz CT molecular complexity index is 682. The number of carbonyl (C=O) groups excluding carboxylic acids is 2. The molecule has 100 valence electrons. The number of aryl methyl sites for hydroxylation is 1. The molecule has 1 aliphatic heterocycles. The lowest BCUT2D eigenvalue weighted by molar-refractivity contribution is -0.161. The van der Waals surface area contributed by atoms with Crippen LogP contribution in [0.2, 0.25) is 0 Å². The molecule has 19 heavy (non-hydrogen) atoms. The molecule has 1 fully saturated rings. The van der Waals surface area contributed by atoms with Crippen LogP contribution in [0.3, 0.4) is 0 Å². The second-order valence-electron chi connectivity index (χ2n) is 4.00. The SMILES string of the molecule is Cc1cn(C2(C=C=O)OCCNC2=O)c(=O)[nH]c1=O. The number of nitrogens with zero attached hydrogens (tertiary/aromatic N) is 1. The van der Waals surface area contributed by atoms with Crippen molar-refractivity contribution in [1.29, 1.82) is 0 Å². The third-order valence-electron chi connectivity index (χ3n) is 2.77. The molecule has 1 saturated heterocycles. The van der Waals surface area contributed by atoms with Crippen molar-refractivity contribution >= 4 is 11.8 Å². The molecule has 2 N–H and O–H groups in total. The van der Waals surface area contributed by atoms with Gasteiger partial charge in [0.25, 0.3) is 17.2 Å². The Kier molecular flexibility index (Phi) is 3.20. The first kappa shape index (κ1) is 13.0. The molecule has 2 rings (SSSR count). The summed E-state index contributed by atoms with van der Waals surface area (Å²) in [6.07, 6.45) is 1.97. The van der Waals surface area contributed by atoms with E-state index >= 15 is 0 Å². The summed E-state index contributed by atoms with van der Waals surface area (Å²) in [4.78, 5) is 47.8. The number of aromatic nitrogens is 2. The van der Waals surface area contributed by atoms with Crippen LogP contribution in [0.4, 0.5) is 0 Å². The fraction of sp³-hybridized carbons (Fsp3) is 0.364. The van der Waals surface area contributed by atoms with Crippen LogP contribution < -0.4 is 16.6 Å². The fourth-order valence-electron chi connectivity index (χ4n) is 1.81. The second-order valence-corrected chi connectivity index (χ2v) is 4.00. The molecule has 2 heterocycles. The highest BCUT2D eigenvalue weighted by atomic mass is 16.5. The Morgan fingerprint density at radius 3 is 2.84 bits per heavy atom. The first-order chi connectivity index (χ1) is 9.01. The van der Waals surface area contributed by atoms with Gasteiger partial charge in [0.15, 0.2) is 0 Å². The molecule has 8 nitrogen and oxygen atoms in total. The third kappa shape index (κ3) is 2.03. The van der Waals surface area contributed by atoms with E-state index in [0.29, 0.717) is 0 Å². The van der Waals surface area contributed by atoms with Crippen molar-refractivity contribution in [3.05, 3.63) is 38.7 Å². The van der Waals surface area contributed by atoms with Gasteiger partial charge in [-0.3, -0.25) is 19.1 Å². The van der Waals surface area contributed by atoms with Gasteiger partial charge in [0.1, 0.15) is 5.94 Å². The topological polar surface area (TPSA) is 110 Å². The lowest BCUT2D eigenvalue weighted by Crippen LogP contribution is -2.58. The molecule has 1 atom stereocenters. The van der Waals surface area contributed by atoms with Gasteiger partial charge < -0.3 is 10.1 Å². The van der Waals surface area contributed by atoms with E-state index in [4.69, 9.17) is 4.74 Å². The van der Waals surface area contributed by atoms with Crippen LogP contribution in [0.15, 0.2) is 21.9 Å². The zero-order valence-electron chi connectivity index (χ0n) is 10.1. The number of H-pyrrole nitrogens is 1. The number of nitrogens with one attached hydrogen (secondary N) is 2. The lowest BCUT2D eigenvalue weighted by atomic mass is 10.1. The van der Waals surface area contributed by atoms with Crippen molar-refractivity contribution in [3.63, 3.8) is 0 Å². The second kappa shape index (κ2) is 4.68. The van der Waals surface area contributed by atoms with Crippen LogP contribution in [0, 0.1) is 6.92 Å². The van der Waals surface area contributed by atoms with Crippen molar-refractivity contribution in [3.8, 4) is 0 Å².